The van der Waals surface area contributed by atoms with Crippen LogP contribution in [0.4, 0.5) is 5.69 Å². The molecule has 0 heterocycles. The zero-order valence-electron chi connectivity index (χ0n) is 9.31. The van der Waals surface area contributed by atoms with Gasteiger partial charge in [0.15, 0.2) is 0 Å². The molecule has 0 amide bonds. The lowest BCUT2D eigenvalue weighted by atomic mass is 10.2. The molecule has 1 atom stereocenters. The predicted molar refractivity (Wildman–Crippen MR) is 64.8 cm³/mol. The summed E-state index contributed by atoms with van der Waals surface area (Å²) in [5.74, 6) is -0.416. The van der Waals surface area contributed by atoms with Gasteiger partial charge in [-0.25, -0.2) is 0 Å². The Morgan fingerprint density at radius 1 is 1.59 bits per heavy atom. The maximum Gasteiger partial charge on any atom is 0.306 e. The first-order valence-electron chi connectivity index (χ1n) is 5.00. The third-order valence-electron chi connectivity index (χ3n) is 2.11. The largest absolute Gasteiger partial charge is 0.497 e. The minimum atomic E-state index is -1.05. The van der Waals surface area contributed by atoms with E-state index in [1.165, 1.54) is 7.11 Å². The highest BCUT2D eigenvalue weighted by Gasteiger charge is 2.10. The number of methoxy groups -OCH3 is 1. The van der Waals surface area contributed by atoms with E-state index in [0.29, 0.717) is 16.5 Å². The topological polar surface area (TPSA) is 78.8 Å². The number of anilines is 1. The van der Waals surface area contributed by atoms with Crippen molar-refractivity contribution in [1.82, 2.24) is 0 Å². The van der Waals surface area contributed by atoms with Crippen LogP contribution in [0.1, 0.15) is 6.42 Å². The standard InChI is InChI=1S/C11H14ClNO4/c1-17-8-2-3-9(12)10(5-8)13-6-7(14)4-11(15)16/h2-3,5,7,13-14H,4,6H2,1H3,(H,15,16). The van der Waals surface area contributed by atoms with Crippen LogP contribution >= 0.6 is 11.6 Å². The van der Waals surface area contributed by atoms with Crippen LogP contribution in [-0.4, -0.2) is 35.9 Å². The van der Waals surface area contributed by atoms with Crippen molar-refractivity contribution < 1.29 is 19.7 Å². The molecule has 1 rings (SSSR count). The molecule has 5 nitrogen and oxygen atoms in total. The summed E-state index contributed by atoms with van der Waals surface area (Å²) in [6, 6.07) is 5.04. The van der Waals surface area contributed by atoms with Gasteiger partial charge in [0.1, 0.15) is 5.75 Å². The van der Waals surface area contributed by atoms with Crippen LogP contribution < -0.4 is 10.1 Å². The number of hydrogen-bond donors (Lipinski definition) is 3. The molecule has 0 spiro atoms. The van der Waals surface area contributed by atoms with Crippen LogP contribution in [0.25, 0.3) is 0 Å². The summed E-state index contributed by atoms with van der Waals surface area (Å²) >= 11 is 5.93. The van der Waals surface area contributed by atoms with Gasteiger partial charge < -0.3 is 20.3 Å². The fourth-order valence-electron chi connectivity index (χ4n) is 1.27. The molecule has 0 aromatic heterocycles. The first-order chi connectivity index (χ1) is 8.02. The molecule has 6 heteroatoms. The highest BCUT2D eigenvalue weighted by atomic mass is 35.5. The second-order valence-electron chi connectivity index (χ2n) is 3.48. The quantitative estimate of drug-likeness (QED) is 0.723. The molecule has 94 valence electrons. The third kappa shape index (κ3) is 4.50. The number of aliphatic carboxylic acids is 1. The Labute approximate surface area is 104 Å². The fourth-order valence-corrected chi connectivity index (χ4v) is 1.45. The number of carboxylic acid groups (broad SMARTS) is 1. The highest BCUT2D eigenvalue weighted by molar-refractivity contribution is 6.33. The fraction of sp³-hybridized carbons (Fsp3) is 0.364. The summed E-state index contributed by atoms with van der Waals surface area (Å²) in [6.45, 7) is 0.110. The summed E-state index contributed by atoms with van der Waals surface area (Å²) in [5.41, 5.74) is 0.593. The number of rotatable bonds is 6. The molecule has 0 aliphatic heterocycles. The molecule has 0 aliphatic rings. The number of hydrogen-bond acceptors (Lipinski definition) is 4. The smallest absolute Gasteiger partial charge is 0.306 e. The maximum atomic E-state index is 10.4. The van der Waals surface area contributed by atoms with Gasteiger partial charge in [-0.1, -0.05) is 11.6 Å². The third-order valence-corrected chi connectivity index (χ3v) is 2.44. The maximum absolute atomic E-state index is 10.4. The Morgan fingerprint density at radius 2 is 2.29 bits per heavy atom. The molecule has 1 aromatic carbocycles. The first-order valence-corrected chi connectivity index (χ1v) is 5.38. The van der Waals surface area contributed by atoms with E-state index in [0.717, 1.165) is 0 Å². The molecule has 1 unspecified atom stereocenters. The summed E-state index contributed by atoms with van der Waals surface area (Å²) in [5, 5.41) is 21.2. The first kappa shape index (κ1) is 13.6. The van der Waals surface area contributed by atoms with Gasteiger partial charge in [-0.15, -0.1) is 0 Å². The molecule has 3 N–H and O–H groups in total. The predicted octanol–water partition coefficient (Wildman–Crippen LogP) is 1.60. The normalized spacial score (nSPS) is 11.9. The average Bonchev–Trinajstić information content (AvgIpc) is 2.27. The van der Waals surface area contributed by atoms with E-state index < -0.39 is 12.1 Å². The summed E-state index contributed by atoms with van der Waals surface area (Å²) in [7, 11) is 1.53. The van der Waals surface area contributed by atoms with E-state index >= 15 is 0 Å². The van der Waals surface area contributed by atoms with Gasteiger partial charge in [0, 0.05) is 12.6 Å². The van der Waals surface area contributed by atoms with E-state index in [4.69, 9.17) is 21.4 Å². The minimum absolute atomic E-state index is 0.110. The van der Waals surface area contributed by atoms with Gasteiger partial charge in [0.05, 0.1) is 30.3 Å². The van der Waals surface area contributed by atoms with Gasteiger partial charge in [-0.3, -0.25) is 4.79 Å². The van der Waals surface area contributed by atoms with Crippen molar-refractivity contribution in [1.29, 1.82) is 0 Å². The number of carbonyl (C=O) groups is 1. The lowest BCUT2D eigenvalue weighted by Gasteiger charge is -2.13. The van der Waals surface area contributed by atoms with Crippen LogP contribution in [0.15, 0.2) is 18.2 Å². The number of halogens is 1. The van der Waals surface area contributed by atoms with Gasteiger partial charge in [-0.2, -0.15) is 0 Å². The monoisotopic (exact) mass is 259 g/mol. The Bertz CT molecular complexity index is 397. The Hall–Kier alpha value is -1.46. The van der Waals surface area contributed by atoms with Gasteiger partial charge in [-0.05, 0) is 12.1 Å². The van der Waals surface area contributed by atoms with Gasteiger partial charge in [0.25, 0.3) is 0 Å². The molecule has 0 saturated heterocycles. The van der Waals surface area contributed by atoms with Crippen molar-refractivity contribution in [2.45, 2.75) is 12.5 Å². The van der Waals surface area contributed by atoms with E-state index in [-0.39, 0.29) is 13.0 Å². The van der Waals surface area contributed by atoms with Crippen molar-refractivity contribution in [2.75, 3.05) is 19.0 Å². The van der Waals surface area contributed by atoms with Gasteiger partial charge >= 0.3 is 5.97 Å². The lowest BCUT2D eigenvalue weighted by molar-refractivity contribution is -0.138. The molecule has 1 aromatic rings. The molecule has 0 aliphatic carbocycles. The molecular formula is C11H14ClNO4. The zero-order chi connectivity index (χ0) is 12.8. The van der Waals surface area contributed by atoms with Crippen LogP contribution in [-0.2, 0) is 4.79 Å². The van der Waals surface area contributed by atoms with Crippen molar-refractivity contribution in [3.8, 4) is 5.75 Å². The Morgan fingerprint density at radius 3 is 2.88 bits per heavy atom. The van der Waals surface area contributed by atoms with Crippen molar-refractivity contribution in [3.63, 3.8) is 0 Å². The summed E-state index contributed by atoms with van der Waals surface area (Å²) in [4.78, 5) is 10.4. The second-order valence-corrected chi connectivity index (χ2v) is 3.89. The number of aliphatic hydroxyl groups is 1. The number of benzene rings is 1. The van der Waals surface area contributed by atoms with Crippen molar-refractivity contribution in [3.05, 3.63) is 23.2 Å². The Balaban J connectivity index is 2.59. The highest BCUT2D eigenvalue weighted by Crippen LogP contribution is 2.26. The molecule has 17 heavy (non-hydrogen) atoms. The summed E-state index contributed by atoms with van der Waals surface area (Å²) < 4.78 is 5.03. The van der Waals surface area contributed by atoms with Crippen molar-refractivity contribution in [2.24, 2.45) is 0 Å². The second kappa shape index (κ2) is 6.32. The number of nitrogens with one attached hydrogen (secondary N) is 1. The van der Waals surface area contributed by atoms with E-state index in [1.54, 1.807) is 18.2 Å². The summed E-state index contributed by atoms with van der Waals surface area (Å²) in [6.07, 6.45) is -1.27. The number of carboxylic acids is 1. The van der Waals surface area contributed by atoms with E-state index in [1.807, 2.05) is 0 Å². The lowest BCUT2D eigenvalue weighted by Crippen LogP contribution is -2.22. The Kier molecular flexibility index (Phi) is 5.06. The zero-order valence-corrected chi connectivity index (χ0v) is 10.1. The van der Waals surface area contributed by atoms with E-state index in [2.05, 4.69) is 5.32 Å². The van der Waals surface area contributed by atoms with Crippen LogP contribution in [0, 0.1) is 0 Å². The molecular weight excluding hydrogens is 246 g/mol. The SMILES string of the molecule is COc1ccc(Cl)c(NCC(O)CC(=O)O)c1. The number of ether oxygens (including phenoxy) is 1. The molecule has 0 radical (unpaired) electrons. The van der Waals surface area contributed by atoms with Gasteiger partial charge in [0.2, 0.25) is 0 Å². The van der Waals surface area contributed by atoms with Crippen LogP contribution in [0.2, 0.25) is 5.02 Å². The molecule has 0 saturated carbocycles. The van der Waals surface area contributed by atoms with Crippen LogP contribution in [0.5, 0.6) is 5.75 Å². The molecule has 0 bridgehead atoms. The van der Waals surface area contributed by atoms with Crippen molar-refractivity contribution >= 4 is 23.3 Å². The number of aliphatic hydroxyl groups excluding tert-OH is 1. The average molecular weight is 260 g/mol. The van der Waals surface area contributed by atoms with E-state index in [9.17, 15) is 9.90 Å². The van der Waals surface area contributed by atoms with Crippen LogP contribution in [0.3, 0.4) is 0 Å². The minimum Gasteiger partial charge on any atom is -0.497 e. The molecule has 0 fully saturated rings.